The third-order valence-corrected chi connectivity index (χ3v) is 6.62. The molecular formula is C19H22N2O2. The summed E-state index contributed by atoms with van der Waals surface area (Å²) in [6.07, 6.45) is 5.30. The molecule has 5 rings (SSSR count). The minimum atomic E-state index is -0.379. The van der Waals surface area contributed by atoms with E-state index in [1.807, 2.05) is 6.07 Å². The number of rotatable bonds is 0. The Morgan fingerprint density at radius 2 is 2.09 bits per heavy atom. The minimum absolute atomic E-state index is 0.110. The molecule has 4 heteroatoms. The Morgan fingerprint density at radius 1 is 1.22 bits per heavy atom. The van der Waals surface area contributed by atoms with Crippen LogP contribution in [-0.2, 0) is 21.3 Å². The smallest absolute Gasteiger partial charge is 0.169 e. The predicted octanol–water partition coefficient (Wildman–Crippen LogP) is 2.26. The van der Waals surface area contributed by atoms with E-state index in [9.17, 15) is 5.26 Å². The molecule has 3 fully saturated rings. The lowest BCUT2D eigenvalue weighted by Gasteiger charge is -2.58. The molecule has 1 saturated carbocycles. The van der Waals surface area contributed by atoms with Gasteiger partial charge in [0.25, 0.3) is 0 Å². The Morgan fingerprint density at radius 3 is 2.91 bits per heavy atom. The number of nitriles is 1. The van der Waals surface area contributed by atoms with Gasteiger partial charge in [0.2, 0.25) is 0 Å². The van der Waals surface area contributed by atoms with Crippen LogP contribution in [0.2, 0.25) is 0 Å². The standard InChI is InChI=1S/C19H22N2O2/c20-11-13-1-2-14-10-17-15-3-4-19(22-7-8-23-19)12-18(15,5-6-21-17)16(14)9-13/h1-2,9,15,17,21H,3-8,10,12H2/t15-,17+,18?/m0/s1. The van der Waals surface area contributed by atoms with Crippen molar-refractivity contribution in [3.05, 3.63) is 34.9 Å². The molecule has 1 aromatic rings. The minimum Gasteiger partial charge on any atom is -0.348 e. The van der Waals surface area contributed by atoms with E-state index in [4.69, 9.17) is 9.47 Å². The lowest BCUT2D eigenvalue weighted by atomic mass is 9.51. The van der Waals surface area contributed by atoms with Crippen LogP contribution in [-0.4, -0.2) is 31.6 Å². The van der Waals surface area contributed by atoms with Crippen LogP contribution in [0.4, 0.5) is 0 Å². The second-order valence-electron chi connectivity index (χ2n) is 7.58. The number of ether oxygens (including phenoxy) is 2. The summed E-state index contributed by atoms with van der Waals surface area (Å²) in [6, 6.07) is 9.17. The third kappa shape index (κ3) is 1.88. The molecule has 1 spiro atoms. The van der Waals surface area contributed by atoms with Gasteiger partial charge < -0.3 is 14.8 Å². The number of fused-ring (bicyclic) bond motifs is 1. The van der Waals surface area contributed by atoms with Crippen molar-refractivity contribution in [3.8, 4) is 6.07 Å². The molecule has 0 radical (unpaired) electrons. The van der Waals surface area contributed by atoms with Crippen molar-refractivity contribution in [2.45, 2.75) is 49.3 Å². The second kappa shape index (κ2) is 4.80. The Kier molecular flexibility index (Phi) is 2.91. The van der Waals surface area contributed by atoms with Crippen molar-refractivity contribution < 1.29 is 9.47 Å². The lowest BCUT2D eigenvalue weighted by molar-refractivity contribution is -0.207. The highest BCUT2D eigenvalue weighted by Gasteiger charge is 2.59. The van der Waals surface area contributed by atoms with Crippen LogP contribution >= 0.6 is 0 Å². The normalized spacial score (nSPS) is 37.0. The average molecular weight is 310 g/mol. The summed E-state index contributed by atoms with van der Waals surface area (Å²) in [5.74, 6) is 0.256. The third-order valence-electron chi connectivity index (χ3n) is 6.62. The van der Waals surface area contributed by atoms with E-state index in [-0.39, 0.29) is 11.2 Å². The monoisotopic (exact) mass is 310 g/mol. The van der Waals surface area contributed by atoms with Gasteiger partial charge in [-0.25, -0.2) is 0 Å². The highest BCUT2D eigenvalue weighted by molar-refractivity contribution is 5.47. The molecule has 2 aliphatic heterocycles. The molecule has 2 aliphatic carbocycles. The summed E-state index contributed by atoms with van der Waals surface area (Å²) < 4.78 is 12.2. The number of hydrogen-bond donors (Lipinski definition) is 1. The number of piperidine rings is 1. The van der Waals surface area contributed by atoms with Crippen molar-refractivity contribution in [3.63, 3.8) is 0 Å². The van der Waals surface area contributed by atoms with Crippen LogP contribution < -0.4 is 5.32 Å². The molecule has 120 valence electrons. The van der Waals surface area contributed by atoms with Gasteiger partial charge in [-0.2, -0.15) is 5.26 Å². The molecule has 4 aliphatic rings. The molecule has 1 aromatic carbocycles. The number of benzene rings is 1. The van der Waals surface area contributed by atoms with Crippen LogP contribution in [0.3, 0.4) is 0 Å². The molecule has 3 atom stereocenters. The largest absolute Gasteiger partial charge is 0.348 e. The zero-order chi connectivity index (χ0) is 15.5. The Balaban J connectivity index is 1.67. The number of nitrogens with one attached hydrogen (secondary N) is 1. The molecule has 4 nitrogen and oxygen atoms in total. The first-order valence-corrected chi connectivity index (χ1v) is 8.80. The maximum Gasteiger partial charge on any atom is 0.169 e. The SMILES string of the molecule is N#Cc1ccc2c(c1)C13CCN[C@H](C2)[C@@H]1CCC1(C3)OCCO1. The van der Waals surface area contributed by atoms with Crippen LogP contribution in [0, 0.1) is 17.2 Å². The van der Waals surface area contributed by atoms with Crippen molar-refractivity contribution in [2.24, 2.45) is 5.92 Å². The molecule has 0 aromatic heterocycles. The average Bonchev–Trinajstić information content (AvgIpc) is 3.01. The topological polar surface area (TPSA) is 54.3 Å². The summed E-state index contributed by atoms with van der Waals surface area (Å²) in [5.41, 5.74) is 3.70. The van der Waals surface area contributed by atoms with Crippen LogP contribution in [0.15, 0.2) is 18.2 Å². The van der Waals surface area contributed by atoms with Gasteiger partial charge in [0.05, 0.1) is 24.8 Å². The zero-order valence-electron chi connectivity index (χ0n) is 13.3. The van der Waals surface area contributed by atoms with E-state index < -0.39 is 0 Å². The van der Waals surface area contributed by atoms with Gasteiger partial charge in [0.15, 0.2) is 5.79 Å². The van der Waals surface area contributed by atoms with Crippen molar-refractivity contribution in [1.29, 1.82) is 5.26 Å². The Labute approximate surface area is 136 Å². The van der Waals surface area contributed by atoms with E-state index >= 15 is 0 Å². The quantitative estimate of drug-likeness (QED) is 0.798. The van der Waals surface area contributed by atoms with Crippen molar-refractivity contribution >= 4 is 0 Å². The van der Waals surface area contributed by atoms with Crippen LogP contribution in [0.25, 0.3) is 0 Å². The molecule has 0 amide bonds. The fourth-order valence-electron chi connectivity index (χ4n) is 5.75. The van der Waals surface area contributed by atoms with Gasteiger partial charge in [0, 0.05) is 24.3 Å². The first kappa shape index (κ1) is 14.0. The summed E-state index contributed by atoms with van der Waals surface area (Å²) >= 11 is 0. The summed E-state index contributed by atoms with van der Waals surface area (Å²) in [7, 11) is 0. The van der Waals surface area contributed by atoms with Gasteiger partial charge in [-0.1, -0.05) is 6.07 Å². The number of nitrogens with zero attached hydrogens (tertiary/aromatic N) is 1. The van der Waals surface area contributed by atoms with E-state index in [1.54, 1.807) is 0 Å². The first-order chi connectivity index (χ1) is 11.2. The maximum absolute atomic E-state index is 9.35. The lowest BCUT2D eigenvalue weighted by Crippen LogP contribution is -2.63. The molecule has 1 N–H and O–H groups in total. The highest BCUT2D eigenvalue weighted by atomic mass is 16.7. The van der Waals surface area contributed by atoms with Gasteiger partial charge in [0.1, 0.15) is 0 Å². The Hall–Kier alpha value is -1.41. The Bertz CT molecular complexity index is 689. The summed E-state index contributed by atoms with van der Waals surface area (Å²) in [4.78, 5) is 0. The van der Waals surface area contributed by atoms with Gasteiger partial charge in [-0.3, -0.25) is 0 Å². The molecule has 23 heavy (non-hydrogen) atoms. The summed E-state index contributed by atoms with van der Waals surface area (Å²) in [6.45, 7) is 2.48. The van der Waals surface area contributed by atoms with E-state index in [1.165, 1.54) is 11.1 Å². The highest BCUT2D eigenvalue weighted by Crippen LogP contribution is 2.57. The maximum atomic E-state index is 9.35. The van der Waals surface area contributed by atoms with Crippen molar-refractivity contribution in [2.75, 3.05) is 19.8 Å². The molecule has 2 heterocycles. The van der Waals surface area contributed by atoms with Gasteiger partial charge in [-0.15, -0.1) is 0 Å². The van der Waals surface area contributed by atoms with E-state index in [2.05, 4.69) is 23.5 Å². The van der Waals surface area contributed by atoms with Crippen molar-refractivity contribution in [1.82, 2.24) is 5.32 Å². The molecular weight excluding hydrogens is 288 g/mol. The second-order valence-corrected chi connectivity index (χ2v) is 7.58. The predicted molar refractivity (Wildman–Crippen MR) is 84.9 cm³/mol. The first-order valence-electron chi connectivity index (χ1n) is 8.80. The molecule has 2 bridgehead atoms. The summed E-state index contributed by atoms with van der Waals surface area (Å²) in [5, 5.41) is 13.1. The van der Waals surface area contributed by atoms with Crippen LogP contribution in [0.5, 0.6) is 0 Å². The van der Waals surface area contributed by atoms with Crippen LogP contribution in [0.1, 0.15) is 42.4 Å². The van der Waals surface area contributed by atoms with E-state index in [0.29, 0.717) is 25.2 Å². The zero-order valence-corrected chi connectivity index (χ0v) is 13.3. The van der Waals surface area contributed by atoms with E-state index in [0.717, 1.165) is 44.2 Å². The van der Waals surface area contributed by atoms with Gasteiger partial charge in [-0.05, 0) is 55.0 Å². The number of hydrogen-bond acceptors (Lipinski definition) is 4. The molecule has 1 unspecified atom stereocenters. The fourth-order valence-corrected chi connectivity index (χ4v) is 5.75. The molecule has 2 saturated heterocycles. The fraction of sp³-hybridized carbons (Fsp3) is 0.632. The van der Waals surface area contributed by atoms with Gasteiger partial charge >= 0.3 is 0 Å².